The monoisotopic (exact) mass is 395 g/mol. The summed E-state index contributed by atoms with van der Waals surface area (Å²) < 4.78 is 15.4. The number of nitriles is 1. The van der Waals surface area contributed by atoms with Crippen molar-refractivity contribution in [2.24, 2.45) is 5.16 Å². The lowest BCUT2D eigenvalue weighted by atomic mass is 10.1. The molecule has 0 aliphatic carbocycles. The highest BCUT2D eigenvalue weighted by molar-refractivity contribution is 5.99. The van der Waals surface area contributed by atoms with Crippen molar-refractivity contribution in [2.75, 3.05) is 25.3 Å². The van der Waals surface area contributed by atoms with Crippen LogP contribution in [0.25, 0.3) is 0 Å². The second-order valence-electron chi connectivity index (χ2n) is 5.92. The molecular formula is C20H17N3O6. The van der Waals surface area contributed by atoms with Gasteiger partial charge in [-0.25, -0.2) is 4.79 Å². The molecule has 1 aliphatic rings. The predicted octanol–water partition coefficient (Wildman–Crippen LogP) is 2.21. The Morgan fingerprint density at radius 3 is 2.83 bits per heavy atom. The molecule has 1 N–H and O–H groups in total. The van der Waals surface area contributed by atoms with Crippen molar-refractivity contribution in [3.05, 3.63) is 53.6 Å². The number of amides is 1. The molecule has 1 aliphatic heterocycles. The van der Waals surface area contributed by atoms with Gasteiger partial charge in [0.2, 0.25) is 13.4 Å². The van der Waals surface area contributed by atoms with Gasteiger partial charge >= 0.3 is 5.97 Å². The average molecular weight is 395 g/mol. The van der Waals surface area contributed by atoms with Gasteiger partial charge in [-0.1, -0.05) is 11.2 Å². The Labute approximate surface area is 166 Å². The highest BCUT2D eigenvalue weighted by Gasteiger charge is 2.14. The van der Waals surface area contributed by atoms with E-state index in [0.717, 1.165) is 5.56 Å². The van der Waals surface area contributed by atoms with E-state index in [2.05, 4.69) is 10.5 Å². The van der Waals surface area contributed by atoms with Gasteiger partial charge in [0.25, 0.3) is 5.91 Å². The number of anilines is 1. The Morgan fingerprint density at radius 2 is 2.00 bits per heavy atom. The van der Waals surface area contributed by atoms with Crippen LogP contribution in [0, 0.1) is 11.3 Å². The lowest BCUT2D eigenvalue weighted by Crippen LogP contribution is -2.22. The molecule has 29 heavy (non-hydrogen) atoms. The number of hydrogen-bond acceptors (Lipinski definition) is 8. The summed E-state index contributed by atoms with van der Waals surface area (Å²) in [5.74, 6) is -0.00639. The molecule has 2 aromatic carbocycles. The Balaban J connectivity index is 1.42. The Hall–Kier alpha value is -4.06. The zero-order valence-corrected chi connectivity index (χ0v) is 15.5. The molecule has 3 rings (SSSR count). The number of benzene rings is 2. The largest absolute Gasteiger partial charge is 0.454 e. The van der Waals surface area contributed by atoms with Crippen molar-refractivity contribution >= 4 is 23.3 Å². The Kier molecular flexibility index (Phi) is 6.27. The minimum absolute atomic E-state index is 0.175. The van der Waals surface area contributed by atoms with Crippen LogP contribution in [0.1, 0.15) is 18.1 Å². The number of ether oxygens (including phenoxy) is 3. The van der Waals surface area contributed by atoms with Crippen LogP contribution in [0.5, 0.6) is 11.5 Å². The quantitative estimate of drug-likeness (QED) is 0.434. The van der Waals surface area contributed by atoms with E-state index in [-0.39, 0.29) is 6.79 Å². The first-order valence-corrected chi connectivity index (χ1v) is 8.57. The number of oxime groups is 1. The van der Waals surface area contributed by atoms with Crippen LogP contribution >= 0.6 is 0 Å². The molecular weight excluding hydrogens is 378 g/mol. The van der Waals surface area contributed by atoms with Crippen LogP contribution in [0.2, 0.25) is 0 Å². The number of nitrogens with zero attached hydrogens (tertiary/aromatic N) is 2. The Morgan fingerprint density at radius 1 is 1.17 bits per heavy atom. The maximum Gasteiger partial charge on any atom is 0.347 e. The summed E-state index contributed by atoms with van der Waals surface area (Å²) in [5, 5.41) is 15.2. The van der Waals surface area contributed by atoms with E-state index < -0.39 is 25.1 Å². The lowest BCUT2D eigenvalue weighted by molar-refractivity contribution is -0.151. The molecule has 0 saturated heterocycles. The molecule has 1 heterocycles. The van der Waals surface area contributed by atoms with Crippen LogP contribution in [0.4, 0.5) is 5.69 Å². The maximum atomic E-state index is 11.8. The van der Waals surface area contributed by atoms with Crippen LogP contribution in [0.15, 0.2) is 47.6 Å². The smallest absolute Gasteiger partial charge is 0.347 e. The fraction of sp³-hybridized carbons (Fsp3) is 0.200. The van der Waals surface area contributed by atoms with E-state index in [0.29, 0.717) is 28.5 Å². The number of fused-ring (bicyclic) bond motifs is 1. The summed E-state index contributed by atoms with van der Waals surface area (Å²) in [4.78, 5) is 28.5. The van der Waals surface area contributed by atoms with Crippen molar-refractivity contribution in [1.29, 1.82) is 5.26 Å². The number of carbonyl (C=O) groups is 2. The standard InChI is InChI=1S/C20H17N3O6/c1-13(15-5-6-17-18(8-15)28-12-27-17)23-29-11-20(25)26-10-19(24)22-16-4-2-3-14(7-16)9-21/h2-8H,10-12H2,1H3,(H,22,24)/b23-13-. The number of carbonyl (C=O) groups excluding carboxylic acids is 2. The number of nitrogens with one attached hydrogen (secondary N) is 1. The minimum atomic E-state index is -0.742. The topological polar surface area (TPSA) is 119 Å². The van der Waals surface area contributed by atoms with Gasteiger partial charge in [0, 0.05) is 11.3 Å². The summed E-state index contributed by atoms with van der Waals surface area (Å²) >= 11 is 0. The van der Waals surface area contributed by atoms with Crippen molar-refractivity contribution in [1.82, 2.24) is 0 Å². The highest BCUT2D eigenvalue weighted by atomic mass is 16.7. The van der Waals surface area contributed by atoms with E-state index in [1.165, 1.54) is 6.07 Å². The first kappa shape index (κ1) is 19.7. The zero-order valence-electron chi connectivity index (χ0n) is 15.5. The molecule has 9 heteroatoms. The van der Waals surface area contributed by atoms with Gasteiger partial charge in [0.05, 0.1) is 17.3 Å². The summed E-state index contributed by atoms with van der Waals surface area (Å²) in [5.41, 5.74) is 2.13. The molecule has 0 aromatic heterocycles. The lowest BCUT2D eigenvalue weighted by Gasteiger charge is -2.07. The summed E-state index contributed by atoms with van der Waals surface area (Å²) in [6.07, 6.45) is 0. The van der Waals surface area contributed by atoms with E-state index in [9.17, 15) is 9.59 Å². The summed E-state index contributed by atoms with van der Waals surface area (Å²) in [6.45, 7) is 0.962. The van der Waals surface area contributed by atoms with Gasteiger partial charge in [-0.05, 0) is 43.3 Å². The van der Waals surface area contributed by atoms with E-state index in [1.807, 2.05) is 6.07 Å². The SMILES string of the molecule is C/C(=N/OCC(=O)OCC(=O)Nc1cccc(C#N)c1)c1ccc2c(c1)OCO2. The summed E-state index contributed by atoms with van der Waals surface area (Å²) in [6, 6.07) is 13.7. The van der Waals surface area contributed by atoms with Crippen LogP contribution in [0.3, 0.4) is 0 Å². The predicted molar refractivity (Wildman–Crippen MR) is 101 cm³/mol. The molecule has 0 spiro atoms. The van der Waals surface area contributed by atoms with E-state index in [1.54, 1.807) is 43.3 Å². The normalized spacial score (nSPS) is 12.1. The summed E-state index contributed by atoms with van der Waals surface area (Å²) in [7, 11) is 0. The highest BCUT2D eigenvalue weighted by Crippen LogP contribution is 2.32. The van der Waals surface area contributed by atoms with Crippen LogP contribution in [-0.4, -0.2) is 37.6 Å². The average Bonchev–Trinajstić information content (AvgIpc) is 3.20. The maximum absolute atomic E-state index is 11.8. The first-order valence-electron chi connectivity index (χ1n) is 8.57. The fourth-order valence-electron chi connectivity index (χ4n) is 2.41. The number of hydrogen-bond donors (Lipinski definition) is 1. The van der Waals surface area contributed by atoms with Crippen molar-refractivity contribution < 1.29 is 28.6 Å². The second-order valence-corrected chi connectivity index (χ2v) is 5.92. The van der Waals surface area contributed by atoms with Gasteiger partial charge in [0.1, 0.15) is 0 Å². The zero-order chi connectivity index (χ0) is 20.6. The third-order valence-electron chi connectivity index (χ3n) is 3.81. The molecule has 1 amide bonds. The minimum Gasteiger partial charge on any atom is -0.454 e. The molecule has 0 saturated carbocycles. The third kappa shape index (κ3) is 5.46. The van der Waals surface area contributed by atoms with E-state index >= 15 is 0 Å². The van der Waals surface area contributed by atoms with E-state index in [4.69, 9.17) is 24.3 Å². The number of esters is 1. The molecule has 0 unspecified atom stereocenters. The van der Waals surface area contributed by atoms with Crippen molar-refractivity contribution in [3.63, 3.8) is 0 Å². The van der Waals surface area contributed by atoms with Gasteiger partial charge < -0.3 is 24.4 Å². The molecule has 148 valence electrons. The molecule has 9 nitrogen and oxygen atoms in total. The molecule has 0 atom stereocenters. The van der Waals surface area contributed by atoms with Crippen molar-refractivity contribution in [2.45, 2.75) is 6.92 Å². The van der Waals surface area contributed by atoms with Gasteiger partial charge in [-0.3, -0.25) is 4.79 Å². The fourth-order valence-corrected chi connectivity index (χ4v) is 2.41. The van der Waals surface area contributed by atoms with Crippen molar-refractivity contribution in [3.8, 4) is 17.6 Å². The number of rotatable bonds is 7. The molecule has 2 aromatic rings. The third-order valence-corrected chi connectivity index (χ3v) is 3.81. The molecule has 0 bridgehead atoms. The van der Waals surface area contributed by atoms with Gasteiger partial charge in [-0.15, -0.1) is 0 Å². The van der Waals surface area contributed by atoms with Crippen LogP contribution in [-0.2, 0) is 19.2 Å². The molecule has 0 fully saturated rings. The van der Waals surface area contributed by atoms with Gasteiger partial charge in [-0.2, -0.15) is 5.26 Å². The second kappa shape index (κ2) is 9.23. The molecule has 0 radical (unpaired) electrons. The van der Waals surface area contributed by atoms with Crippen LogP contribution < -0.4 is 14.8 Å². The first-order chi connectivity index (χ1) is 14.0. The van der Waals surface area contributed by atoms with Gasteiger partial charge in [0.15, 0.2) is 18.1 Å². The Bertz CT molecular complexity index is 996.